The molecule has 0 saturated carbocycles. The highest BCUT2D eigenvalue weighted by Crippen LogP contribution is 1.79. The average Bonchev–Trinajstić information content (AvgIpc) is 1.80. The van der Waals surface area contributed by atoms with Gasteiger partial charge in [-0.25, -0.2) is 0 Å². The fraction of sp³-hybridized carbons (Fsp3) is 0.500. The fourth-order valence-electron chi connectivity index (χ4n) is 0.237. The van der Waals surface area contributed by atoms with Gasteiger partial charge in [-0.15, -0.1) is 0 Å². The number of hydrogen-bond donors (Lipinski definition) is 1. The van der Waals surface area contributed by atoms with Crippen molar-refractivity contribution in [2.45, 2.75) is 0 Å². The molecule has 0 amide bonds. The van der Waals surface area contributed by atoms with Crippen molar-refractivity contribution in [1.29, 1.82) is 0 Å². The molecule has 5 heteroatoms. The first-order valence-electron chi connectivity index (χ1n) is 2.24. The molecule has 0 fully saturated rings. The van der Waals surface area contributed by atoms with Gasteiger partial charge in [0.1, 0.15) is 13.2 Å². The maximum Gasteiger partial charge on any atom is 0.302 e. The molecule has 0 aliphatic carbocycles. The van der Waals surface area contributed by atoms with Gasteiger partial charge in [0.05, 0.1) is 6.26 Å². The lowest BCUT2D eigenvalue weighted by molar-refractivity contribution is 0.181. The van der Waals surface area contributed by atoms with Gasteiger partial charge in [-0.3, -0.25) is 8.74 Å². The van der Waals surface area contributed by atoms with E-state index in [0.29, 0.717) is 0 Å². The molecule has 0 saturated heterocycles. The van der Waals surface area contributed by atoms with E-state index in [2.05, 4.69) is 15.5 Å². The van der Waals surface area contributed by atoms with Crippen LogP contribution in [0.15, 0.2) is 12.8 Å². The summed E-state index contributed by atoms with van der Waals surface area (Å²) in [6.07, 6.45) is 1.24. The molecule has 9 heavy (non-hydrogen) atoms. The van der Waals surface area contributed by atoms with Gasteiger partial charge in [0, 0.05) is 0 Å². The van der Waals surface area contributed by atoms with Crippen LogP contribution in [0.3, 0.4) is 0 Å². The normalized spacial score (nSPS) is 12.6. The van der Waals surface area contributed by atoms with Crippen molar-refractivity contribution in [3.8, 4) is 0 Å². The first-order chi connectivity index (χ1) is 4.27. The van der Waals surface area contributed by atoms with Crippen LogP contribution in [-0.2, 0) is 20.3 Å². The Morgan fingerprint density at radius 3 is 2.78 bits per heavy atom. The second-order valence-electron chi connectivity index (χ2n) is 1.08. The molecule has 0 aromatic carbocycles. The van der Waals surface area contributed by atoms with Crippen molar-refractivity contribution >= 4 is 11.4 Å². The molecule has 0 aliphatic heterocycles. The van der Waals surface area contributed by atoms with Crippen molar-refractivity contribution in [3.63, 3.8) is 0 Å². The Morgan fingerprint density at radius 2 is 2.33 bits per heavy atom. The summed E-state index contributed by atoms with van der Waals surface area (Å²) in [4.78, 5) is 0. The number of rotatable bonds is 5. The summed E-state index contributed by atoms with van der Waals surface area (Å²) in [6, 6.07) is 0. The van der Waals surface area contributed by atoms with Crippen LogP contribution in [-0.4, -0.2) is 22.0 Å². The Bertz CT molecular complexity index is 103. The molecule has 0 aliphatic rings. The second-order valence-corrected chi connectivity index (χ2v) is 1.75. The monoisotopic (exact) mass is 152 g/mol. The van der Waals surface area contributed by atoms with Crippen LogP contribution in [0.5, 0.6) is 0 Å². The third-order valence-corrected chi connectivity index (χ3v) is 0.871. The summed E-state index contributed by atoms with van der Waals surface area (Å²) in [6.45, 7) is 3.60. The summed E-state index contributed by atoms with van der Waals surface area (Å²) in [5.74, 6) is 0. The Balaban J connectivity index is 2.91. The van der Waals surface area contributed by atoms with Gasteiger partial charge in [0.2, 0.25) is 0 Å². The standard InChI is InChI=1S/C4H8O4S/c1-2-7-3-4-8-9(5)6/h2H,1,3-4H2,(H,5,6). The molecule has 0 spiro atoms. The highest BCUT2D eigenvalue weighted by atomic mass is 32.2. The Labute approximate surface area is 56.0 Å². The van der Waals surface area contributed by atoms with Crippen LogP contribution < -0.4 is 0 Å². The van der Waals surface area contributed by atoms with E-state index in [0.717, 1.165) is 0 Å². The van der Waals surface area contributed by atoms with Gasteiger partial charge < -0.3 is 4.74 Å². The minimum atomic E-state index is -2.18. The summed E-state index contributed by atoms with van der Waals surface area (Å²) in [7, 11) is 0. The van der Waals surface area contributed by atoms with E-state index in [9.17, 15) is 4.21 Å². The maximum absolute atomic E-state index is 9.77. The lowest BCUT2D eigenvalue weighted by Crippen LogP contribution is -2.02. The number of ether oxygens (including phenoxy) is 1. The topological polar surface area (TPSA) is 55.8 Å². The van der Waals surface area contributed by atoms with Gasteiger partial charge in [-0.1, -0.05) is 6.58 Å². The first kappa shape index (κ1) is 8.61. The molecule has 0 radical (unpaired) electrons. The average molecular weight is 152 g/mol. The molecule has 0 aromatic heterocycles. The first-order valence-corrected chi connectivity index (χ1v) is 3.27. The fourth-order valence-corrected chi connectivity index (χ4v) is 0.447. The molecule has 0 rings (SSSR count). The molecule has 0 bridgehead atoms. The van der Waals surface area contributed by atoms with Crippen molar-refractivity contribution in [2.24, 2.45) is 0 Å². The van der Waals surface area contributed by atoms with Crippen LogP contribution in [0.25, 0.3) is 0 Å². The summed E-state index contributed by atoms with van der Waals surface area (Å²) < 4.78 is 26.6. The Morgan fingerprint density at radius 1 is 1.67 bits per heavy atom. The lowest BCUT2D eigenvalue weighted by Gasteiger charge is -1.96. The predicted octanol–water partition coefficient (Wildman–Crippen LogP) is 0.300. The van der Waals surface area contributed by atoms with Crippen molar-refractivity contribution < 1.29 is 17.7 Å². The largest absolute Gasteiger partial charge is 0.499 e. The minimum absolute atomic E-state index is 0.0924. The molecular formula is C4H8O4S. The lowest BCUT2D eigenvalue weighted by atomic mass is 10.8. The molecule has 4 nitrogen and oxygen atoms in total. The number of hydrogen-bond acceptors (Lipinski definition) is 3. The van der Waals surface area contributed by atoms with Gasteiger partial charge in [0.25, 0.3) is 0 Å². The summed E-state index contributed by atoms with van der Waals surface area (Å²) in [5.41, 5.74) is 0. The zero-order chi connectivity index (χ0) is 7.11. The van der Waals surface area contributed by atoms with E-state index in [1.54, 1.807) is 0 Å². The molecule has 0 heterocycles. The van der Waals surface area contributed by atoms with Gasteiger partial charge >= 0.3 is 11.4 Å². The van der Waals surface area contributed by atoms with Crippen LogP contribution in [0.1, 0.15) is 0 Å². The van der Waals surface area contributed by atoms with E-state index < -0.39 is 11.4 Å². The molecule has 1 atom stereocenters. The third-order valence-electron chi connectivity index (χ3n) is 0.503. The molecule has 0 aromatic rings. The third kappa shape index (κ3) is 7.61. The zero-order valence-electron chi connectivity index (χ0n) is 4.78. The maximum atomic E-state index is 9.77. The predicted molar refractivity (Wildman–Crippen MR) is 32.9 cm³/mol. The van der Waals surface area contributed by atoms with Gasteiger partial charge in [-0.2, -0.15) is 4.21 Å². The van der Waals surface area contributed by atoms with Crippen molar-refractivity contribution in [3.05, 3.63) is 12.8 Å². The van der Waals surface area contributed by atoms with E-state index in [-0.39, 0.29) is 13.2 Å². The Hall–Kier alpha value is -0.390. The molecule has 54 valence electrons. The van der Waals surface area contributed by atoms with E-state index in [1.165, 1.54) is 6.26 Å². The van der Waals surface area contributed by atoms with Crippen LogP contribution in [0, 0.1) is 0 Å². The molecule has 1 unspecified atom stereocenters. The Kier molecular flexibility index (Phi) is 5.49. The quantitative estimate of drug-likeness (QED) is 0.349. The van der Waals surface area contributed by atoms with Gasteiger partial charge in [-0.05, 0) is 0 Å². The van der Waals surface area contributed by atoms with Crippen molar-refractivity contribution in [1.82, 2.24) is 0 Å². The second kappa shape index (κ2) is 5.74. The summed E-state index contributed by atoms with van der Waals surface area (Å²) in [5, 5.41) is 0. The van der Waals surface area contributed by atoms with Crippen LogP contribution in [0.4, 0.5) is 0 Å². The summed E-state index contributed by atoms with van der Waals surface area (Å²) >= 11 is -2.18. The van der Waals surface area contributed by atoms with E-state index in [4.69, 9.17) is 4.55 Å². The highest BCUT2D eigenvalue weighted by molar-refractivity contribution is 7.74. The zero-order valence-corrected chi connectivity index (χ0v) is 5.60. The SMILES string of the molecule is C=COCCOS(=O)O. The smallest absolute Gasteiger partial charge is 0.302 e. The highest BCUT2D eigenvalue weighted by Gasteiger charge is 1.90. The molecule has 1 N–H and O–H groups in total. The minimum Gasteiger partial charge on any atom is -0.499 e. The van der Waals surface area contributed by atoms with Crippen molar-refractivity contribution in [2.75, 3.05) is 13.2 Å². The van der Waals surface area contributed by atoms with Crippen LogP contribution >= 0.6 is 0 Å². The van der Waals surface area contributed by atoms with Crippen LogP contribution in [0.2, 0.25) is 0 Å². The van der Waals surface area contributed by atoms with E-state index in [1.807, 2.05) is 0 Å². The van der Waals surface area contributed by atoms with E-state index >= 15 is 0 Å². The van der Waals surface area contributed by atoms with Gasteiger partial charge in [0.15, 0.2) is 0 Å². The molecular weight excluding hydrogens is 144 g/mol.